The highest BCUT2D eigenvalue weighted by Crippen LogP contribution is 2.34. The average Bonchev–Trinajstić information content (AvgIpc) is 2.93. The summed E-state index contributed by atoms with van der Waals surface area (Å²) in [6.45, 7) is 0. The normalized spacial score (nSPS) is 11.2. The third-order valence-corrected chi connectivity index (χ3v) is 4.48. The Labute approximate surface area is 139 Å². The van der Waals surface area contributed by atoms with Crippen LogP contribution in [0.5, 0.6) is 11.5 Å². The van der Waals surface area contributed by atoms with E-state index in [1.165, 1.54) is 18.4 Å². The van der Waals surface area contributed by atoms with E-state index in [0.29, 0.717) is 10.2 Å². The van der Waals surface area contributed by atoms with Gasteiger partial charge in [0, 0.05) is 0 Å². The summed E-state index contributed by atoms with van der Waals surface area (Å²) in [5.41, 5.74) is 4.64. The summed E-state index contributed by atoms with van der Waals surface area (Å²) in [4.78, 5) is 4.43. The van der Waals surface area contributed by atoms with Gasteiger partial charge in [-0.2, -0.15) is 5.10 Å². The van der Waals surface area contributed by atoms with Crippen LogP contribution in [0.2, 0.25) is 0 Å². The van der Waals surface area contributed by atoms with E-state index in [9.17, 15) is 5.11 Å². The minimum atomic E-state index is 0.0683. The topological polar surface area (TPSA) is 66.7 Å². The molecule has 0 amide bonds. The quantitative estimate of drug-likeness (QED) is 0.527. The van der Waals surface area contributed by atoms with Crippen molar-refractivity contribution in [1.82, 2.24) is 4.98 Å². The van der Waals surface area contributed by atoms with Gasteiger partial charge < -0.3 is 9.84 Å². The molecule has 0 aliphatic rings. The largest absolute Gasteiger partial charge is 0.503 e. The molecule has 3 aromatic rings. The number of nitrogens with one attached hydrogen (secondary N) is 1. The molecule has 0 aliphatic heterocycles. The smallest absolute Gasteiger partial charge is 0.204 e. The Bertz CT molecular complexity index is 815. The van der Waals surface area contributed by atoms with Crippen LogP contribution in [0, 0.1) is 0 Å². The first-order valence-corrected chi connectivity index (χ1v) is 7.99. The molecule has 0 bridgehead atoms. The first kappa shape index (κ1) is 14.8. The number of aromatic nitrogens is 1. The van der Waals surface area contributed by atoms with Crippen molar-refractivity contribution < 1.29 is 9.84 Å². The van der Waals surface area contributed by atoms with Gasteiger partial charge in [0.2, 0.25) is 5.13 Å². The van der Waals surface area contributed by atoms with E-state index in [4.69, 9.17) is 4.74 Å². The number of thiazole rings is 1. The van der Waals surface area contributed by atoms with Crippen molar-refractivity contribution in [3.63, 3.8) is 0 Å². The number of methoxy groups -OCH3 is 1. The van der Waals surface area contributed by atoms with Crippen LogP contribution in [-0.4, -0.2) is 23.4 Å². The molecule has 0 saturated carbocycles. The third-order valence-electron chi connectivity index (χ3n) is 2.94. The minimum Gasteiger partial charge on any atom is -0.503 e. The Morgan fingerprint density at radius 2 is 2.18 bits per heavy atom. The van der Waals surface area contributed by atoms with Gasteiger partial charge in [0.15, 0.2) is 11.5 Å². The number of rotatable bonds is 4. The van der Waals surface area contributed by atoms with Crippen molar-refractivity contribution in [1.29, 1.82) is 0 Å². The Hall–Kier alpha value is -2.12. The molecule has 2 aromatic carbocycles. The summed E-state index contributed by atoms with van der Waals surface area (Å²) in [5, 5.41) is 14.7. The fourth-order valence-corrected chi connectivity index (χ4v) is 3.18. The highest BCUT2D eigenvalue weighted by Gasteiger charge is 2.07. The monoisotopic (exact) mass is 377 g/mol. The summed E-state index contributed by atoms with van der Waals surface area (Å²) in [5.74, 6) is 0.453. The van der Waals surface area contributed by atoms with Crippen molar-refractivity contribution in [2.75, 3.05) is 12.5 Å². The molecule has 0 fully saturated rings. The fraction of sp³-hybridized carbons (Fsp3) is 0.0667. The third kappa shape index (κ3) is 3.05. The van der Waals surface area contributed by atoms with Gasteiger partial charge in [-0.25, -0.2) is 4.98 Å². The van der Waals surface area contributed by atoms with Gasteiger partial charge >= 0.3 is 0 Å². The van der Waals surface area contributed by atoms with E-state index < -0.39 is 0 Å². The van der Waals surface area contributed by atoms with Crippen LogP contribution in [0.3, 0.4) is 0 Å². The van der Waals surface area contributed by atoms with Crippen molar-refractivity contribution >= 4 is 48.8 Å². The lowest BCUT2D eigenvalue weighted by atomic mass is 10.2. The summed E-state index contributed by atoms with van der Waals surface area (Å²) in [6.07, 6.45) is 1.64. The van der Waals surface area contributed by atoms with E-state index in [1.54, 1.807) is 18.3 Å². The second-order valence-corrected chi connectivity index (χ2v) is 6.30. The number of phenolic OH excluding ortho intramolecular Hbond substituents is 1. The van der Waals surface area contributed by atoms with Crippen molar-refractivity contribution in [2.45, 2.75) is 0 Å². The van der Waals surface area contributed by atoms with E-state index in [2.05, 4.69) is 31.4 Å². The zero-order valence-electron chi connectivity index (χ0n) is 11.6. The highest BCUT2D eigenvalue weighted by molar-refractivity contribution is 9.10. The second kappa shape index (κ2) is 6.33. The van der Waals surface area contributed by atoms with E-state index in [0.717, 1.165) is 20.9 Å². The maximum absolute atomic E-state index is 9.77. The molecule has 7 heteroatoms. The van der Waals surface area contributed by atoms with Gasteiger partial charge in [-0.15, -0.1) is 0 Å². The second-order valence-electron chi connectivity index (χ2n) is 4.41. The van der Waals surface area contributed by atoms with Gasteiger partial charge in [0.1, 0.15) is 0 Å². The number of hydrogen-bond acceptors (Lipinski definition) is 6. The van der Waals surface area contributed by atoms with Crippen LogP contribution in [-0.2, 0) is 0 Å². The summed E-state index contributed by atoms with van der Waals surface area (Å²) in [7, 11) is 1.50. The molecule has 1 heterocycles. The molecule has 0 atom stereocenters. The predicted octanol–water partition coefficient (Wildman–Crippen LogP) is 4.22. The standard InChI is InChI=1S/C15H12BrN3O2S/c1-21-12-7-9(6-10(16)14(12)20)8-17-19-15-18-11-4-2-3-5-13(11)22-15/h2-8,20H,1H3,(H,18,19)/b17-8+. The molecular formula is C15H12BrN3O2S. The molecule has 22 heavy (non-hydrogen) atoms. The minimum absolute atomic E-state index is 0.0683. The molecule has 0 spiro atoms. The number of hydrazone groups is 1. The lowest BCUT2D eigenvalue weighted by molar-refractivity contribution is 0.372. The number of anilines is 1. The van der Waals surface area contributed by atoms with E-state index in [1.807, 2.05) is 24.3 Å². The first-order chi connectivity index (χ1) is 10.7. The maximum atomic E-state index is 9.77. The SMILES string of the molecule is COc1cc(/C=N/Nc2nc3ccccc3s2)cc(Br)c1O. The van der Waals surface area contributed by atoms with Gasteiger partial charge in [-0.1, -0.05) is 23.5 Å². The predicted molar refractivity (Wildman–Crippen MR) is 93.2 cm³/mol. The Balaban J connectivity index is 1.78. The summed E-state index contributed by atoms with van der Waals surface area (Å²) in [6, 6.07) is 11.4. The molecule has 0 saturated heterocycles. The van der Waals surface area contributed by atoms with Crippen molar-refractivity contribution in [3.05, 3.63) is 46.4 Å². The number of fused-ring (bicyclic) bond motifs is 1. The highest BCUT2D eigenvalue weighted by atomic mass is 79.9. The van der Waals surface area contributed by atoms with Crippen LogP contribution in [0.15, 0.2) is 46.0 Å². The van der Waals surface area contributed by atoms with E-state index >= 15 is 0 Å². The number of hydrogen-bond donors (Lipinski definition) is 2. The van der Waals surface area contributed by atoms with Gasteiger partial charge in [-0.3, -0.25) is 5.43 Å². The van der Waals surface area contributed by atoms with Crippen LogP contribution in [0.25, 0.3) is 10.2 Å². The number of para-hydroxylation sites is 1. The number of nitrogens with zero attached hydrogens (tertiary/aromatic N) is 2. The van der Waals surface area contributed by atoms with Crippen LogP contribution in [0.4, 0.5) is 5.13 Å². The number of benzene rings is 2. The Kier molecular flexibility index (Phi) is 4.26. The Morgan fingerprint density at radius 3 is 2.95 bits per heavy atom. The molecule has 5 nitrogen and oxygen atoms in total. The molecule has 112 valence electrons. The van der Waals surface area contributed by atoms with E-state index in [-0.39, 0.29) is 5.75 Å². The summed E-state index contributed by atoms with van der Waals surface area (Å²) >= 11 is 4.81. The maximum Gasteiger partial charge on any atom is 0.204 e. The number of aromatic hydroxyl groups is 1. The zero-order chi connectivity index (χ0) is 15.5. The molecule has 1 aromatic heterocycles. The lowest BCUT2D eigenvalue weighted by Gasteiger charge is -2.06. The molecule has 0 radical (unpaired) electrons. The summed E-state index contributed by atoms with van der Waals surface area (Å²) < 4.78 is 6.75. The Morgan fingerprint density at radius 1 is 1.36 bits per heavy atom. The lowest BCUT2D eigenvalue weighted by Crippen LogP contribution is -1.92. The van der Waals surface area contributed by atoms with Gasteiger partial charge in [0.25, 0.3) is 0 Å². The van der Waals surface area contributed by atoms with Crippen LogP contribution < -0.4 is 10.2 Å². The molecular weight excluding hydrogens is 366 g/mol. The first-order valence-electron chi connectivity index (χ1n) is 6.38. The van der Waals surface area contributed by atoms with Gasteiger partial charge in [0.05, 0.1) is 28.0 Å². The molecule has 0 aliphatic carbocycles. The fourth-order valence-electron chi connectivity index (χ4n) is 1.91. The molecule has 3 rings (SSSR count). The van der Waals surface area contributed by atoms with Crippen molar-refractivity contribution in [2.24, 2.45) is 5.10 Å². The average molecular weight is 378 g/mol. The number of phenols is 1. The molecule has 0 unspecified atom stereocenters. The molecule has 2 N–H and O–H groups in total. The van der Waals surface area contributed by atoms with Crippen LogP contribution >= 0.6 is 27.3 Å². The van der Waals surface area contributed by atoms with Crippen LogP contribution in [0.1, 0.15) is 5.56 Å². The number of halogens is 1. The zero-order valence-corrected chi connectivity index (χ0v) is 14.0. The van der Waals surface area contributed by atoms with Crippen molar-refractivity contribution in [3.8, 4) is 11.5 Å². The van der Waals surface area contributed by atoms with Gasteiger partial charge in [-0.05, 0) is 45.8 Å². The number of ether oxygens (including phenoxy) is 1.